The lowest BCUT2D eigenvalue weighted by molar-refractivity contribution is 0.0660. The molecule has 0 bridgehead atoms. The number of hydrogen-bond acceptors (Lipinski definition) is 3. The van der Waals surface area contributed by atoms with Crippen LogP contribution in [0.1, 0.15) is 36.2 Å². The van der Waals surface area contributed by atoms with Gasteiger partial charge in [-0.3, -0.25) is 4.79 Å². The highest BCUT2D eigenvalue weighted by molar-refractivity contribution is 6.31. The zero-order valence-corrected chi connectivity index (χ0v) is 11.2. The normalized spacial score (nSPS) is 23.1. The Kier molecular flexibility index (Phi) is 4.71. The maximum absolute atomic E-state index is 13.6. The summed E-state index contributed by atoms with van der Waals surface area (Å²) in [6, 6.07) is 1.29. The third-order valence-electron chi connectivity index (χ3n) is 3.45. The molecule has 0 spiro atoms. The summed E-state index contributed by atoms with van der Waals surface area (Å²) in [7, 11) is 0. The van der Waals surface area contributed by atoms with Crippen LogP contribution in [0.5, 0.6) is 0 Å². The molecule has 1 heterocycles. The molecule has 0 aliphatic heterocycles. The number of nitrogens with zero attached hydrogens (tertiary/aromatic N) is 1. The van der Waals surface area contributed by atoms with E-state index in [9.17, 15) is 14.3 Å². The van der Waals surface area contributed by atoms with E-state index in [1.165, 1.54) is 12.3 Å². The van der Waals surface area contributed by atoms with Gasteiger partial charge in [-0.1, -0.05) is 24.4 Å². The zero-order chi connectivity index (χ0) is 13.8. The van der Waals surface area contributed by atoms with E-state index in [2.05, 4.69) is 10.3 Å². The van der Waals surface area contributed by atoms with E-state index in [0.717, 1.165) is 25.7 Å². The predicted molar refractivity (Wildman–Crippen MR) is 69.5 cm³/mol. The molecule has 1 fully saturated rings. The van der Waals surface area contributed by atoms with Crippen LogP contribution in [0.4, 0.5) is 4.39 Å². The number of aromatic nitrogens is 1. The van der Waals surface area contributed by atoms with Crippen molar-refractivity contribution >= 4 is 17.5 Å². The molecule has 4 nitrogen and oxygen atoms in total. The van der Waals surface area contributed by atoms with Gasteiger partial charge in [0.15, 0.2) is 11.5 Å². The van der Waals surface area contributed by atoms with Gasteiger partial charge in [0.25, 0.3) is 5.91 Å². The number of carbonyl (C=O) groups is 1. The molecule has 1 aromatic rings. The van der Waals surface area contributed by atoms with Gasteiger partial charge >= 0.3 is 0 Å². The number of carbonyl (C=O) groups excluding carboxylic acids is 1. The average Bonchev–Trinajstić information content (AvgIpc) is 2.40. The second-order valence-corrected chi connectivity index (χ2v) is 5.18. The molecule has 0 unspecified atom stereocenters. The molecule has 1 saturated carbocycles. The van der Waals surface area contributed by atoms with Crippen molar-refractivity contribution in [1.82, 2.24) is 10.3 Å². The summed E-state index contributed by atoms with van der Waals surface area (Å²) in [6.07, 6.45) is 4.57. The molecular formula is C13H16ClFN2O2. The number of rotatable bonds is 3. The molecule has 1 aliphatic rings. The molecule has 104 valence electrons. The van der Waals surface area contributed by atoms with Gasteiger partial charge in [0.2, 0.25) is 0 Å². The SMILES string of the molecule is O=C(NC[C@H]1CCCC[C@H]1O)c1nccc(Cl)c1F. The van der Waals surface area contributed by atoms with Crippen LogP contribution >= 0.6 is 11.6 Å². The Bertz CT molecular complexity index is 470. The van der Waals surface area contributed by atoms with E-state index in [1.54, 1.807) is 0 Å². The number of nitrogens with one attached hydrogen (secondary N) is 1. The van der Waals surface area contributed by atoms with E-state index in [4.69, 9.17) is 11.6 Å². The van der Waals surface area contributed by atoms with Crippen LogP contribution in [0.15, 0.2) is 12.3 Å². The summed E-state index contributed by atoms with van der Waals surface area (Å²) >= 11 is 5.59. The van der Waals surface area contributed by atoms with Crippen LogP contribution in [-0.2, 0) is 0 Å². The Labute approximate surface area is 116 Å². The Hall–Kier alpha value is -1.20. The third kappa shape index (κ3) is 3.42. The standard InChI is InChI=1S/C13H16ClFN2O2/c14-9-5-6-16-12(11(9)15)13(19)17-7-8-3-1-2-4-10(8)18/h5-6,8,10,18H,1-4,7H2,(H,17,19)/t8-,10-/m1/s1. The molecule has 0 radical (unpaired) electrons. The molecule has 6 heteroatoms. The number of amides is 1. The molecule has 0 saturated heterocycles. The lowest BCUT2D eigenvalue weighted by Gasteiger charge is -2.27. The van der Waals surface area contributed by atoms with Gasteiger partial charge in [0, 0.05) is 18.7 Å². The van der Waals surface area contributed by atoms with Gasteiger partial charge in [-0.15, -0.1) is 0 Å². The highest BCUT2D eigenvalue weighted by Crippen LogP contribution is 2.23. The predicted octanol–water partition coefficient (Wildman–Crippen LogP) is 2.16. The summed E-state index contributed by atoms with van der Waals surface area (Å²) in [4.78, 5) is 15.5. The minimum absolute atomic E-state index is 0.0277. The Morgan fingerprint density at radius 1 is 1.53 bits per heavy atom. The number of aliphatic hydroxyl groups is 1. The lowest BCUT2D eigenvalue weighted by atomic mass is 9.86. The van der Waals surface area contributed by atoms with Gasteiger partial charge in [-0.25, -0.2) is 9.37 Å². The Morgan fingerprint density at radius 2 is 2.26 bits per heavy atom. The molecular weight excluding hydrogens is 271 g/mol. The maximum Gasteiger partial charge on any atom is 0.273 e. The molecule has 19 heavy (non-hydrogen) atoms. The molecule has 2 atom stereocenters. The van der Waals surface area contributed by atoms with Crippen molar-refractivity contribution in [3.05, 3.63) is 28.8 Å². The zero-order valence-electron chi connectivity index (χ0n) is 10.4. The summed E-state index contributed by atoms with van der Waals surface area (Å²) in [5, 5.41) is 12.3. The molecule has 1 aromatic heterocycles. The number of hydrogen-bond donors (Lipinski definition) is 2. The van der Waals surface area contributed by atoms with Gasteiger partial charge in [0.05, 0.1) is 11.1 Å². The van der Waals surface area contributed by atoms with Crippen LogP contribution in [0.2, 0.25) is 5.02 Å². The van der Waals surface area contributed by atoms with Crippen LogP contribution < -0.4 is 5.32 Å². The largest absolute Gasteiger partial charge is 0.393 e. The molecule has 0 aromatic carbocycles. The van der Waals surface area contributed by atoms with Crippen molar-refractivity contribution in [1.29, 1.82) is 0 Å². The van der Waals surface area contributed by atoms with Crippen LogP contribution in [0, 0.1) is 11.7 Å². The first-order valence-electron chi connectivity index (χ1n) is 6.36. The minimum atomic E-state index is -0.814. The second kappa shape index (κ2) is 6.30. The van der Waals surface area contributed by atoms with Crippen LogP contribution in [0.3, 0.4) is 0 Å². The van der Waals surface area contributed by atoms with Crippen molar-refractivity contribution in [2.75, 3.05) is 6.54 Å². The first-order valence-corrected chi connectivity index (χ1v) is 6.73. The molecule has 1 aliphatic carbocycles. The minimum Gasteiger partial charge on any atom is -0.393 e. The van der Waals surface area contributed by atoms with Crippen molar-refractivity contribution in [3.8, 4) is 0 Å². The van der Waals surface area contributed by atoms with Gasteiger partial charge in [-0.05, 0) is 18.9 Å². The second-order valence-electron chi connectivity index (χ2n) is 4.78. The van der Waals surface area contributed by atoms with Gasteiger partial charge < -0.3 is 10.4 Å². The highest BCUT2D eigenvalue weighted by Gasteiger charge is 2.24. The fourth-order valence-electron chi connectivity index (χ4n) is 2.31. The fraction of sp³-hybridized carbons (Fsp3) is 0.538. The summed E-state index contributed by atoms with van der Waals surface area (Å²) in [6.45, 7) is 0.327. The third-order valence-corrected chi connectivity index (χ3v) is 3.74. The molecule has 2 rings (SSSR count). The monoisotopic (exact) mass is 286 g/mol. The smallest absolute Gasteiger partial charge is 0.273 e. The maximum atomic E-state index is 13.6. The van der Waals surface area contributed by atoms with E-state index in [1.807, 2.05) is 0 Å². The van der Waals surface area contributed by atoms with Gasteiger partial charge in [-0.2, -0.15) is 0 Å². The summed E-state index contributed by atoms with van der Waals surface area (Å²) < 4.78 is 13.6. The van der Waals surface area contributed by atoms with E-state index in [-0.39, 0.29) is 16.6 Å². The van der Waals surface area contributed by atoms with Gasteiger partial charge in [0.1, 0.15) is 0 Å². The first kappa shape index (κ1) is 14.2. The van der Waals surface area contributed by atoms with Crippen molar-refractivity contribution in [3.63, 3.8) is 0 Å². The summed E-state index contributed by atoms with van der Waals surface area (Å²) in [5.74, 6) is -1.39. The Balaban J connectivity index is 1.95. The topological polar surface area (TPSA) is 62.2 Å². The first-order chi connectivity index (χ1) is 9.09. The van der Waals surface area contributed by atoms with Crippen LogP contribution in [0.25, 0.3) is 0 Å². The highest BCUT2D eigenvalue weighted by atomic mass is 35.5. The number of halogens is 2. The van der Waals surface area contributed by atoms with E-state index in [0.29, 0.717) is 6.54 Å². The Morgan fingerprint density at radius 3 is 3.00 bits per heavy atom. The average molecular weight is 287 g/mol. The van der Waals surface area contributed by atoms with Crippen molar-refractivity contribution in [2.24, 2.45) is 5.92 Å². The van der Waals surface area contributed by atoms with Crippen molar-refractivity contribution < 1.29 is 14.3 Å². The van der Waals surface area contributed by atoms with E-state index >= 15 is 0 Å². The van der Waals surface area contributed by atoms with E-state index < -0.39 is 17.8 Å². The number of pyridine rings is 1. The fourth-order valence-corrected chi connectivity index (χ4v) is 2.46. The quantitative estimate of drug-likeness (QED) is 0.895. The van der Waals surface area contributed by atoms with Crippen LogP contribution in [-0.4, -0.2) is 28.6 Å². The summed E-state index contributed by atoms with van der Waals surface area (Å²) in [5.41, 5.74) is -0.308. The molecule has 1 amide bonds. The molecule has 2 N–H and O–H groups in total. The number of aliphatic hydroxyl groups excluding tert-OH is 1. The van der Waals surface area contributed by atoms with Crippen molar-refractivity contribution in [2.45, 2.75) is 31.8 Å². The lowest BCUT2D eigenvalue weighted by Crippen LogP contribution is -2.37.